The minimum Gasteiger partial charge on any atom is -0.330 e. The summed E-state index contributed by atoms with van der Waals surface area (Å²) in [6.07, 6.45) is 0.840. The van der Waals surface area contributed by atoms with E-state index in [1.54, 1.807) is 0 Å². The molecular formula is C15H14BrNO. The fourth-order valence-electron chi connectivity index (χ4n) is 1.76. The first-order chi connectivity index (χ1) is 8.70. The molecule has 3 heteroatoms. The molecule has 0 aliphatic carbocycles. The highest BCUT2D eigenvalue weighted by Gasteiger charge is 2.08. The van der Waals surface area contributed by atoms with Crippen LogP contribution in [0.25, 0.3) is 0 Å². The summed E-state index contributed by atoms with van der Waals surface area (Å²) in [6.45, 7) is 0.625. The van der Waals surface area contributed by atoms with E-state index in [1.165, 1.54) is 0 Å². The number of hydrogen-bond donors (Lipinski definition) is 1. The first-order valence-corrected chi connectivity index (χ1v) is 6.59. The second kappa shape index (κ2) is 5.94. The van der Waals surface area contributed by atoms with Gasteiger partial charge < -0.3 is 5.73 Å². The van der Waals surface area contributed by atoms with E-state index in [0.29, 0.717) is 17.7 Å². The number of halogens is 1. The molecule has 2 nitrogen and oxygen atoms in total. The first kappa shape index (κ1) is 13.0. The van der Waals surface area contributed by atoms with Crippen molar-refractivity contribution in [3.8, 4) is 0 Å². The zero-order chi connectivity index (χ0) is 13.0. The van der Waals surface area contributed by atoms with Gasteiger partial charge in [0.15, 0.2) is 5.78 Å². The lowest BCUT2D eigenvalue weighted by molar-refractivity contribution is 0.103. The topological polar surface area (TPSA) is 43.1 Å². The van der Waals surface area contributed by atoms with Gasteiger partial charge in [-0.05, 0) is 42.8 Å². The summed E-state index contributed by atoms with van der Waals surface area (Å²) in [6, 6.07) is 15.0. The van der Waals surface area contributed by atoms with Gasteiger partial charge in [0.05, 0.1) is 0 Å². The van der Waals surface area contributed by atoms with Crippen LogP contribution in [0.4, 0.5) is 0 Å². The predicted molar refractivity (Wildman–Crippen MR) is 76.8 cm³/mol. The Bertz CT molecular complexity index is 531. The number of rotatable bonds is 4. The van der Waals surface area contributed by atoms with Crippen LogP contribution in [0.2, 0.25) is 0 Å². The van der Waals surface area contributed by atoms with Gasteiger partial charge in [0.1, 0.15) is 0 Å². The van der Waals surface area contributed by atoms with Crippen LogP contribution >= 0.6 is 15.9 Å². The molecule has 0 spiro atoms. The highest BCUT2D eigenvalue weighted by Crippen LogP contribution is 2.15. The van der Waals surface area contributed by atoms with E-state index < -0.39 is 0 Å². The van der Waals surface area contributed by atoms with Gasteiger partial charge in [0, 0.05) is 15.6 Å². The normalized spacial score (nSPS) is 10.3. The largest absolute Gasteiger partial charge is 0.330 e. The van der Waals surface area contributed by atoms with Crippen molar-refractivity contribution in [2.45, 2.75) is 6.42 Å². The Morgan fingerprint density at radius 3 is 1.94 bits per heavy atom. The molecule has 0 bridgehead atoms. The van der Waals surface area contributed by atoms with Gasteiger partial charge >= 0.3 is 0 Å². The van der Waals surface area contributed by atoms with E-state index in [-0.39, 0.29) is 5.78 Å². The van der Waals surface area contributed by atoms with Gasteiger partial charge in [-0.15, -0.1) is 0 Å². The van der Waals surface area contributed by atoms with Crippen LogP contribution < -0.4 is 5.73 Å². The van der Waals surface area contributed by atoms with Crippen LogP contribution in [-0.4, -0.2) is 12.3 Å². The highest BCUT2D eigenvalue weighted by molar-refractivity contribution is 9.10. The van der Waals surface area contributed by atoms with Crippen LogP contribution in [0.15, 0.2) is 53.0 Å². The van der Waals surface area contributed by atoms with E-state index in [9.17, 15) is 4.79 Å². The van der Waals surface area contributed by atoms with Crippen molar-refractivity contribution in [1.82, 2.24) is 0 Å². The van der Waals surface area contributed by atoms with E-state index in [0.717, 1.165) is 16.5 Å². The zero-order valence-electron chi connectivity index (χ0n) is 9.90. The number of nitrogens with two attached hydrogens (primary N) is 1. The van der Waals surface area contributed by atoms with Crippen LogP contribution in [0.5, 0.6) is 0 Å². The van der Waals surface area contributed by atoms with Crippen LogP contribution in [0, 0.1) is 0 Å². The molecular weight excluding hydrogens is 290 g/mol. The summed E-state index contributed by atoms with van der Waals surface area (Å²) in [5, 5.41) is 0. The minimum absolute atomic E-state index is 0.0433. The average molecular weight is 304 g/mol. The average Bonchev–Trinajstić information content (AvgIpc) is 2.40. The predicted octanol–water partition coefficient (Wildman–Crippen LogP) is 3.18. The molecule has 0 aromatic heterocycles. The van der Waals surface area contributed by atoms with Gasteiger partial charge in [-0.3, -0.25) is 4.79 Å². The molecule has 0 saturated heterocycles. The molecule has 2 rings (SSSR count). The maximum Gasteiger partial charge on any atom is 0.193 e. The van der Waals surface area contributed by atoms with E-state index in [1.807, 2.05) is 48.5 Å². The second-order valence-corrected chi connectivity index (χ2v) is 4.99. The molecule has 0 aliphatic heterocycles. The standard InChI is InChI=1S/C15H14BrNO/c16-14-7-5-13(6-8-14)15(18)12-3-1-11(2-4-12)9-10-17/h1-8H,9-10,17H2. The fraction of sp³-hybridized carbons (Fsp3) is 0.133. The molecule has 0 amide bonds. The number of carbonyl (C=O) groups excluding carboxylic acids is 1. The van der Waals surface area contributed by atoms with Gasteiger partial charge in [0.2, 0.25) is 0 Å². The third-order valence-corrected chi connectivity index (χ3v) is 3.28. The van der Waals surface area contributed by atoms with Gasteiger partial charge in [-0.1, -0.05) is 40.2 Å². The number of hydrogen-bond acceptors (Lipinski definition) is 2. The quantitative estimate of drug-likeness (QED) is 0.882. The zero-order valence-corrected chi connectivity index (χ0v) is 11.5. The Morgan fingerprint density at radius 1 is 0.944 bits per heavy atom. The van der Waals surface area contributed by atoms with Crippen LogP contribution in [0.1, 0.15) is 21.5 Å². The Labute approximate surface area is 115 Å². The van der Waals surface area contributed by atoms with E-state index >= 15 is 0 Å². The van der Waals surface area contributed by atoms with Crippen molar-refractivity contribution >= 4 is 21.7 Å². The van der Waals surface area contributed by atoms with Crippen molar-refractivity contribution < 1.29 is 4.79 Å². The fourth-order valence-corrected chi connectivity index (χ4v) is 2.02. The number of benzene rings is 2. The second-order valence-electron chi connectivity index (χ2n) is 4.07. The van der Waals surface area contributed by atoms with Crippen molar-refractivity contribution in [2.75, 3.05) is 6.54 Å². The van der Waals surface area contributed by atoms with Gasteiger partial charge in [-0.2, -0.15) is 0 Å². The molecule has 0 aliphatic rings. The van der Waals surface area contributed by atoms with Gasteiger partial charge in [-0.25, -0.2) is 0 Å². The molecule has 0 radical (unpaired) electrons. The van der Waals surface area contributed by atoms with Crippen molar-refractivity contribution in [1.29, 1.82) is 0 Å². The molecule has 92 valence electrons. The van der Waals surface area contributed by atoms with Crippen molar-refractivity contribution in [3.05, 3.63) is 69.7 Å². The van der Waals surface area contributed by atoms with Crippen molar-refractivity contribution in [3.63, 3.8) is 0 Å². The number of carbonyl (C=O) groups is 1. The van der Waals surface area contributed by atoms with Crippen LogP contribution in [0.3, 0.4) is 0 Å². The third-order valence-electron chi connectivity index (χ3n) is 2.76. The lowest BCUT2D eigenvalue weighted by Gasteiger charge is -2.03. The third kappa shape index (κ3) is 3.06. The lowest BCUT2D eigenvalue weighted by atomic mass is 10.0. The summed E-state index contributed by atoms with van der Waals surface area (Å²) in [7, 11) is 0. The Hall–Kier alpha value is -1.45. The molecule has 18 heavy (non-hydrogen) atoms. The molecule has 0 unspecified atom stereocenters. The summed E-state index contributed by atoms with van der Waals surface area (Å²) < 4.78 is 0.970. The minimum atomic E-state index is 0.0433. The molecule has 2 N–H and O–H groups in total. The summed E-state index contributed by atoms with van der Waals surface area (Å²) in [5.41, 5.74) is 8.05. The smallest absolute Gasteiger partial charge is 0.193 e. The Morgan fingerprint density at radius 2 is 1.44 bits per heavy atom. The Kier molecular flexibility index (Phi) is 4.28. The molecule has 0 atom stereocenters. The van der Waals surface area contributed by atoms with E-state index in [4.69, 9.17) is 5.73 Å². The van der Waals surface area contributed by atoms with E-state index in [2.05, 4.69) is 15.9 Å². The summed E-state index contributed by atoms with van der Waals surface area (Å²) in [5.74, 6) is 0.0433. The van der Waals surface area contributed by atoms with Gasteiger partial charge in [0.25, 0.3) is 0 Å². The molecule has 2 aromatic rings. The molecule has 0 saturated carbocycles. The first-order valence-electron chi connectivity index (χ1n) is 5.80. The Balaban J connectivity index is 2.20. The van der Waals surface area contributed by atoms with Crippen molar-refractivity contribution in [2.24, 2.45) is 5.73 Å². The molecule has 0 heterocycles. The monoisotopic (exact) mass is 303 g/mol. The summed E-state index contributed by atoms with van der Waals surface area (Å²) in [4.78, 5) is 12.2. The lowest BCUT2D eigenvalue weighted by Crippen LogP contribution is -2.04. The molecule has 2 aromatic carbocycles. The number of ketones is 1. The molecule has 0 fully saturated rings. The SMILES string of the molecule is NCCc1ccc(C(=O)c2ccc(Br)cc2)cc1. The maximum atomic E-state index is 12.2. The summed E-state index contributed by atoms with van der Waals surface area (Å²) >= 11 is 3.35. The maximum absolute atomic E-state index is 12.2. The highest BCUT2D eigenvalue weighted by atomic mass is 79.9. The van der Waals surface area contributed by atoms with Crippen LogP contribution in [-0.2, 0) is 6.42 Å².